The molecule has 1 N–H and O–H groups in total. The third kappa shape index (κ3) is 3.78. The summed E-state index contributed by atoms with van der Waals surface area (Å²) in [4.78, 5) is 27.3. The van der Waals surface area contributed by atoms with Crippen LogP contribution in [0.4, 0.5) is 14.5 Å². The Morgan fingerprint density at radius 3 is 2.77 bits per heavy atom. The second-order valence-electron chi connectivity index (χ2n) is 8.07. The third-order valence-corrected chi connectivity index (χ3v) is 6.10. The predicted molar refractivity (Wildman–Crippen MR) is 107 cm³/mol. The number of benzene rings is 2. The molecule has 1 aliphatic heterocycles. The van der Waals surface area contributed by atoms with Gasteiger partial charge in [0.1, 0.15) is 11.6 Å². The van der Waals surface area contributed by atoms with E-state index >= 15 is 0 Å². The maximum atomic E-state index is 13.9. The van der Waals surface area contributed by atoms with Gasteiger partial charge < -0.3 is 10.2 Å². The van der Waals surface area contributed by atoms with E-state index < -0.39 is 17.0 Å². The fourth-order valence-corrected chi connectivity index (χ4v) is 4.67. The number of anilines is 1. The van der Waals surface area contributed by atoms with E-state index in [4.69, 9.17) is 5.26 Å². The molecule has 2 atom stereocenters. The minimum Gasteiger partial charge on any atom is -0.349 e. The molecule has 2 aromatic carbocycles. The number of rotatable bonds is 3. The Morgan fingerprint density at radius 1 is 1.17 bits per heavy atom. The second kappa shape index (κ2) is 7.86. The topological polar surface area (TPSA) is 73.2 Å². The van der Waals surface area contributed by atoms with Crippen LogP contribution >= 0.6 is 0 Å². The van der Waals surface area contributed by atoms with Gasteiger partial charge in [0, 0.05) is 23.8 Å². The second-order valence-corrected chi connectivity index (χ2v) is 8.07. The van der Waals surface area contributed by atoms with Crippen molar-refractivity contribution >= 4 is 17.5 Å². The maximum Gasteiger partial charge on any atom is 0.251 e. The van der Waals surface area contributed by atoms with Crippen molar-refractivity contribution in [1.82, 2.24) is 5.32 Å². The van der Waals surface area contributed by atoms with Gasteiger partial charge in [0.15, 0.2) is 0 Å². The first-order valence-corrected chi connectivity index (χ1v) is 9.99. The molecule has 0 radical (unpaired) electrons. The molecule has 1 saturated carbocycles. The maximum absolute atomic E-state index is 13.9. The van der Waals surface area contributed by atoms with Gasteiger partial charge in [-0.15, -0.1) is 0 Å². The lowest BCUT2D eigenvalue weighted by atomic mass is 9.71. The summed E-state index contributed by atoms with van der Waals surface area (Å²) in [7, 11) is 0. The van der Waals surface area contributed by atoms with Crippen molar-refractivity contribution in [2.75, 3.05) is 11.4 Å². The van der Waals surface area contributed by atoms with E-state index in [-0.39, 0.29) is 29.0 Å². The monoisotopic (exact) mass is 409 g/mol. The van der Waals surface area contributed by atoms with Gasteiger partial charge in [0.25, 0.3) is 5.91 Å². The Bertz CT molecular complexity index is 1050. The molecule has 2 aliphatic rings. The Morgan fingerprint density at radius 2 is 2.00 bits per heavy atom. The highest BCUT2D eigenvalue weighted by atomic mass is 19.1. The summed E-state index contributed by atoms with van der Waals surface area (Å²) >= 11 is 0. The summed E-state index contributed by atoms with van der Waals surface area (Å²) < 4.78 is 27.3. The zero-order valence-electron chi connectivity index (χ0n) is 16.3. The number of halogens is 2. The molecule has 2 aromatic rings. The number of hydrogen-bond donors (Lipinski definition) is 1. The molecule has 1 saturated heterocycles. The first-order chi connectivity index (χ1) is 14.4. The summed E-state index contributed by atoms with van der Waals surface area (Å²) in [5, 5.41) is 12.0. The lowest BCUT2D eigenvalue weighted by Crippen LogP contribution is -2.46. The average Bonchev–Trinajstić information content (AvgIpc) is 3.03. The Kier molecular flexibility index (Phi) is 5.25. The molecule has 0 aromatic heterocycles. The minimum absolute atomic E-state index is 0.0957. The van der Waals surface area contributed by atoms with Crippen molar-refractivity contribution in [3.8, 4) is 6.07 Å². The minimum atomic E-state index is -0.614. The molecule has 0 bridgehead atoms. The largest absolute Gasteiger partial charge is 0.349 e. The van der Waals surface area contributed by atoms with Crippen LogP contribution in [0.15, 0.2) is 42.5 Å². The summed E-state index contributed by atoms with van der Waals surface area (Å²) in [6.07, 6.45) is 3.32. The van der Waals surface area contributed by atoms with Crippen LogP contribution in [0.1, 0.15) is 48.0 Å². The Balaban J connectivity index is 1.50. The molecule has 0 unspecified atom stereocenters. The number of hydrogen-bond acceptors (Lipinski definition) is 3. The van der Waals surface area contributed by atoms with Gasteiger partial charge in [0.2, 0.25) is 5.91 Å². The standard InChI is InChI=1S/C23H21F2N3O2/c24-17-4-1-3-16(11-17)21(29)27-19-5-2-6-23(13-19)7-8-28(22(23)30)20-10-15(14-26)9-18(25)12-20/h1,3-4,9-12,19H,2,5-8,13H2,(H,27,29)/t19-,23-/m0/s1. The fourth-order valence-electron chi connectivity index (χ4n) is 4.67. The molecule has 1 spiro atoms. The summed E-state index contributed by atoms with van der Waals surface area (Å²) in [6, 6.07) is 11.1. The van der Waals surface area contributed by atoms with E-state index in [9.17, 15) is 18.4 Å². The zero-order chi connectivity index (χ0) is 21.3. The zero-order valence-corrected chi connectivity index (χ0v) is 16.3. The van der Waals surface area contributed by atoms with E-state index in [0.29, 0.717) is 31.5 Å². The quantitative estimate of drug-likeness (QED) is 0.835. The number of carbonyl (C=O) groups excluding carboxylic acids is 2. The van der Waals surface area contributed by atoms with Crippen LogP contribution in [-0.2, 0) is 4.79 Å². The van der Waals surface area contributed by atoms with Crippen molar-refractivity contribution in [3.63, 3.8) is 0 Å². The first-order valence-electron chi connectivity index (χ1n) is 9.99. The van der Waals surface area contributed by atoms with Gasteiger partial charge in [-0.25, -0.2) is 8.78 Å². The molecule has 4 rings (SSSR count). The average molecular weight is 409 g/mol. The van der Waals surface area contributed by atoms with Gasteiger partial charge in [0.05, 0.1) is 17.0 Å². The highest BCUT2D eigenvalue weighted by Crippen LogP contribution is 2.46. The number of amides is 2. The molecule has 1 heterocycles. The van der Waals surface area contributed by atoms with Crippen molar-refractivity contribution in [1.29, 1.82) is 5.26 Å². The van der Waals surface area contributed by atoms with Gasteiger partial charge in [-0.1, -0.05) is 12.5 Å². The summed E-state index contributed by atoms with van der Waals surface area (Å²) in [6.45, 7) is 0.442. The van der Waals surface area contributed by atoms with Gasteiger partial charge >= 0.3 is 0 Å². The molecule has 154 valence electrons. The Labute approximate surface area is 173 Å². The van der Waals surface area contributed by atoms with Gasteiger partial charge in [-0.3, -0.25) is 9.59 Å². The lowest BCUT2D eigenvalue weighted by Gasteiger charge is -2.37. The van der Waals surface area contributed by atoms with Crippen molar-refractivity contribution in [2.24, 2.45) is 5.41 Å². The predicted octanol–water partition coefficient (Wildman–Crippen LogP) is 3.93. The lowest BCUT2D eigenvalue weighted by molar-refractivity contribution is -0.127. The number of nitrogens with one attached hydrogen (secondary N) is 1. The van der Waals surface area contributed by atoms with Crippen LogP contribution in [-0.4, -0.2) is 24.4 Å². The number of nitrogens with zero attached hydrogens (tertiary/aromatic N) is 2. The van der Waals surface area contributed by atoms with Crippen LogP contribution in [0.25, 0.3) is 0 Å². The SMILES string of the molecule is N#Cc1cc(F)cc(N2CC[C@]3(CCC[C@H](NC(=O)c4cccc(F)c4)C3)C2=O)c1. The van der Waals surface area contributed by atoms with E-state index in [0.717, 1.165) is 18.9 Å². The van der Waals surface area contributed by atoms with Crippen LogP contribution in [0.5, 0.6) is 0 Å². The van der Waals surface area contributed by atoms with Crippen molar-refractivity contribution in [2.45, 2.75) is 38.1 Å². The van der Waals surface area contributed by atoms with Crippen LogP contribution < -0.4 is 10.2 Å². The van der Waals surface area contributed by atoms with E-state index in [1.165, 1.54) is 30.3 Å². The van der Waals surface area contributed by atoms with Crippen LogP contribution in [0.3, 0.4) is 0 Å². The van der Waals surface area contributed by atoms with Crippen LogP contribution in [0, 0.1) is 28.4 Å². The smallest absolute Gasteiger partial charge is 0.251 e. The normalized spacial score (nSPS) is 23.4. The Hall–Kier alpha value is -3.27. The van der Waals surface area contributed by atoms with Crippen LogP contribution in [0.2, 0.25) is 0 Å². The van der Waals surface area contributed by atoms with E-state index in [1.54, 1.807) is 11.0 Å². The van der Waals surface area contributed by atoms with Crippen molar-refractivity contribution in [3.05, 3.63) is 65.2 Å². The van der Waals surface area contributed by atoms with Gasteiger partial charge in [-0.2, -0.15) is 5.26 Å². The summed E-state index contributed by atoms with van der Waals surface area (Å²) in [5.74, 6) is -1.48. The first kappa shape index (κ1) is 20.0. The number of nitriles is 1. The summed E-state index contributed by atoms with van der Waals surface area (Å²) in [5.41, 5.74) is 0.192. The molecule has 1 aliphatic carbocycles. The molecule has 5 nitrogen and oxygen atoms in total. The van der Waals surface area contributed by atoms with Crippen molar-refractivity contribution < 1.29 is 18.4 Å². The molecule has 2 fully saturated rings. The molecular formula is C23H21F2N3O2. The molecule has 7 heteroatoms. The fraction of sp³-hybridized carbons (Fsp3) is 0.348. The van der Waals surface area contributed by atoms with E-state index in [2.05, 4.69) is 5.32 Å². The molecule has 30 heavy (non-hydrogen) atoms. The van der Waals surface area contributed by atoms with Gasteiger partial charge in [-0.05, 0) is 62.1 Å². The molecular weight excluding hydrogens is 388 g/mol. The third-order valence-electron chi connectivity index (χ3n) is 6.10. The van der Waals surface area contributed by atoms with E-state index in [1.807, 2.05) is 6.07 Å². The highest BCUT2D eigenvalue weighted by molar-refractivity contribution is 6.00. The molecule has 2 amide bonds. The number of carbonyl (C=O) groups is 2. The highest BCUT2D eigenvalue weighted by Gasteiger charge is 2.49.